The van der Waals surface area contributed by atoms with Gasteiger partial charge in [0.05, 0.1) is 18.6 Å². The van der Waals surface area contributed by atoms with Crippen LogP contribution in [-0.4, -0.2) is 31.7 Å². The predicted octanol–water partition coefficient (Wildman–Crippen LogP) is 1.88. The highest BCUT2D eigenvalue weighted by Gasteiger charge is 2.18. The smallest absolute Gasteiger partial charge is 0.224 e. The summed E-state index contributed by atoms with van der Waals surface area (Å²) >= 11 is 0. The third-order valence-corrected chi connectivity index (χ3v) is 4.04. The van der Waals surface area contributed by atoms with E-state index in [4.69, 9.17) is 10.5 Å². The number of rotatable bonds is 8. The summed E-state index contributed by atoms with van der Waals surface area (Å²) < 4.78 is 5.74. The second kappa shape index (κ2) is 8.80. The molecule has 0 aliphatic heterocycles. The lowest BCUT2D eigenvalue weighted by Gasteiger charge is -2.16. The molecule has 0 saturated heterocycles. The van der Waals surface area contributed by atoms with Crippen LogP contribution in [0.5, 0.6) is 0 Å². The summed E-state index contributed by atoms with van der Waals surface area (Å²) in [5.41, 5.74) is 6.88. The summed E-state index contributed by atoms with van der Waals surface area (Å²) in [4.78, 5) is 12.1. The first-order valence-corrected chi connectivity index (χ1v) is 7.93. The van der Waals surface area contributed by atoms with Crippen LogP contribution in [0.15, 0.2) is 30.3 Å². The molecule has 1 unspecified atom stereocenters. The molecule has 1 atom stereocenters. The van der Waals surface area contributed by atoms with Crippen LogP contribution < -0.4 is 11.1 Å². The first-order valence-electron chi connectivity index (χ1n) is 7.93. The SMILES string of the molecule is NCC(Cc1ccccc1)C(=O)NCCOC1CCCC1. The van der Waals surface area contributed by atoms with E-state index >= 15 is 0 Å². The van der Waals surface area contributed by atoms with Crippen molar-refractivity contribution in [3.8, 4) is 0 Å². The first kappa shape index (κ1) is 16.0. The molecular formula is C17H26N2O2. The lowest BCUT2D eigenvalue weighted by atomic mass is 9.98. The number of ether oxygens (including phenoxy) is 1. The Kier molecular flexibility index (Phi) is 6.70. The molecule has 0 heterocycles. The van der Waals surface area contributed by atoms with Crippen molar-refractivity contribution >= 4 is 5.91 Å². The van der Waals surface area contributed by atoms with Gasteiger partial charge in [0.25, 0.3) is 0 Å². The average molecular weight is 290 g/mol. The van der Waals surface area contributed by atoms with Gasteiger partial charge >= 0.3 is 0 Å². The molecule has 116 valence electrons. The van der Waals surface area contributed by atoms with E-state index in [0.717, 1.165) is 18.4 Å². The summed E-state index contributed by atoms with van der Waals surface area (Å²) in [7, 11) is 0. The van der Waals surface area contributed by atoms with Gasteiger partial charge in [0.2, 0.25) is 5.91 Å². The molecule has 21 heavy (non-hydrogen) atoms. The van der Waals surface area contributed by atoms with Gasteiger partial charge in [-0.25, -0.2) is 0 Å². The quantitative estimate of drug-likeness (QED) is 0.719. The van der Waals surface area contributed by atoms with Crippen LogP contribution in [0.1, 0.15) is 31.2 Å². The molecule has 1 aliphatic carbocycles. The second-order valence-electron chi connectivity index (χ2n) is 5.69. The van der Waals surface area contributed by atoms with Crippen molar-refractivity contribution in [3.63, 3.8) is 0 Å². The van der Waals surface area contributed by atoms with E-state index in [0.29, 0.717) is 32.2 Å². The highest BCUT2D eigenvalue weighted by atomic mass is 16.5. The predicted molar refractivity (Wildman–Crippen MR) is 83.9 cm³/mol. The third kappa shape index (κ3) is 5.48. The fourth-order valence-electron chi connectivity index (χ4n) is 2.78. The molecule has 3 N–H and O–H groups in total. The van der Waals surface area contributed by atoms with Gasteiger partial charge < -0.3 is 15.8 Å². The van der Waals surface area contributed by atoms with Gasteiger partial charge in [0.15, 0.2) is 0 Å². The van der Waals surface area contributed by atoms with Crippen molar-refractivity contribution in [2.45, 2.75) is 38.2 Å². The van der Waals surface area contributed by atoms with Crippen molar-refractivity contribution < 1.29 is 9.53 Å². The van der Waals surface area contributed by atoms with Gasteiger partial charge in [-0.1, -0.05) is 43.2 Å². The lowest BCUT2D eigenvalue weighted by Crippen LogP contribution is -2.38. The van der Waals surface area contributed by atoms with E-state index in [-0.39, 0.29) is 11.8 Å². The van der Waals surface area contributed by atoms with E-state index < -0.39 is 0 Å². The van der Waals surface area contributed by atoms with Crippen molar-refractivity contribution in [2.24, 2.45) is 11.7 Å². The monoisotopic (exact) mass is 290 g/mol. The Hall–Kier alpha value is -1.39. The van der Waals surface area contributed by atoms with Crippen LogP contribution in [0.3, 0.4) is 0 Å². The minimum absolute atomic E-state index is 0.0244. The zero-order valence-electron chi connectivity index (χ0n) is 12.6. The summed E-state index contributed by atoms with van der Waals surface area (Å²) in [6.45, 7) is 1.53. The summed E-state index contributed by atoms with van der Waals surface area (Å²) in [6, 6.07) is 9.99. The third-order valence-electron chi connectivity index (χ3n) is 4.04. The number of hydrogen-bond acceptors (Lipinski definition) is 3. The van der Waals surface area contributed by atoms with Gasteiger partial charge in [-0.2, -0.15) is 0 Å². The fourth-order valence-corrected chi connectivity index (χ4v) is 2.78. The van der Waals surface area contributed by atoms with Gasteiger partial charge in [-0.3, -0.25) is 4.79 Å². The molecule has 4 heteroatoms. The summed E-state index contributed by atoms with van der Waals surface area (Å²) in [6.07, 6.45) is 5.94. The van der Waals surface area contributed by atoms with Crippen molar-refractivity contribution in [2.75, 3.05) is 19.7 Å². The Bertz CT molecular complexity index is 416. The molecule has 0 bridgehead atoms. The van der Waals surface area contributed by atoms with Crippen LogP contribution in [0.25, 0.3) is 0 Å². The standard InChI is InChI=1S/C17H26N2O2/c18-13-15(12-14-6-2-1-3-7-14)17(20)19-10-11-21-16-8-4-5-9-16/h1-3,6-7,15-16H,4-5,8-13,18H2,(H,19,20). The van der Waals surface area contributed by atoms with Crippen molar-refractivity contribution in [1.29, 1.82) is 0 Å². The molecule has 1 fully saturated rings. The number of amides is 1. The molecule has 4 nitrogen and oxygen atoms in total. The molecule has 0 radical (unpaired) electrons. The van der Waals surface area contributed by atoms with E-state index in [9.17, 15) is 4.79 Å². The van der Waals surface area contributed by atoms with Crippen LogP contribution in [0.4, 0.5) is 0 Å². The number of nitrogens with one attached hydrogen (secondary N) is 1. The van der Waals surface area contributed by atoms with Crippen LogP contribution in [-0.2, 0) is 16.0 Å². The van der Waals surface area contributed by atoms with Crippen LogP contribution >= 0.6 is 0 Å². The topological polar surface area (TPSA) is 64.4 Å². The molecule has 0 spiro atoms. The van der Waals surface area contributed by atoms with E-state index in [1.807, 2.05) is 30.3 Å². The zero-order valence-corrected chi connectivity index (χ0v) is 12.6. The number of nitrogens with two attached hydrogens (primary N) is 1. The van der Waals surface area contributed by atoms with E-state index in [1.165, 1.54) is 12.8 Å². The Morgan fingerprint density at radius 2 is 2.00 bits per heavy atom. The molecule has 1 aromatic carbocycles. The summed E-state index contributed by atoms with van der Waals surface area (Å²) in [5.74, 6) is -0.143. The van der Waals surface area contributed by atoms with Gasteiger partial charge in [-0.05, 0) is 24.8 Å². The van der Waals surface area contributed by atoms with Gasteiger partial charge in [-0.15, -0.1) is 0 Å². The normalized spacial score (nSPS) is 16.8. The van der Waals surface area contributed by atoms with Crippen LogP contribution in [0, 0.1) is 5.92 Å². The lowest BCUT2D eigenvalue weighted by molar-refractivity contribution is -0.125. The molecule has 1 saturated carbocycles. The first-order chi connectivity index (χ1) is 10.3. The highest BCUT2D eigenvalue weighted by molar-refractivity contribution is 5.79. The molecule has 0 aromatic heterocycles. The minimum Gasteiger partial charge on any atom is -0.376 e. The number of hydrogen-bond donors (Lipinski definition) is 2. The number of benzene rings is 1. The van der Waals surface area contributed by atoms with Crippen molar-refractivity contribution in [1.82, 2.24) is 5.32 Å². The van der Waals surface area contributed by atoms with Crippen molar-refractivity contribution in [3.05, 3.63) is 35.9 Å². The molecule has 1 aliphatic rings. The zero-order chi connectivity index (χ0) is 14.9. The fraction of sp³-hybridized carbons (Fsp3) is 0.588. The van der Waals surface area contributed by atoms with E-state index in [2.05, 4.69) is 5.32 Å². The Labute approximate surface area is 127 Å². The second-order valence-corrected chi connectivity index (χ2v) is 5.69. The molecule has 1 aromatic rings. The maximum absolute atomic E-state index is 12.1. The van der Waals surface area contributed by atoms with Gasteiger partial charge in [0.1, 0.15) is 0 Å². The van der Waals surface area contributed by atoms with E-state index in [1.54, 1.807) is 0 Å². The van der Waals surface area contributed by atoms with Gasteiger partial charge in [0, 0.05) is 13.1 Å². The largest absolute Gasteiger partial charge is 0.376 e. The maximum atomic E-state index is 12.1. The maximum Gasteiger partial charge on any atom is 0.224 e. The molecular weight excluding hydrogens is 264 g/mol. The Morgan fingerprint density at radius 3 is 2.67 bits per heavy atom. The average Bonchev–Trinajstić information content (AvgIpc) is 3.03. The molecule has 2 rings (SSSR count). The van der Waals surface area contributed by atoms with Crippen LogP contribution in [0.2, 0.25) is 0 Å². The number of carbonyl (C=O) groups is 1. The molecule has 1 amide bonds. The number of carbonyl (C=O) groups excluding carboxylic acids is 1. The minimum atomic E-state index is -0.168. The highest BCUT2D eigenvalue weighted by Crippen LogP contribution is 2.20. The summed E-state index contributed by atoms with van der Waals surface area (Å²) in [5, 5.41) is 2.93. The Balaban J connectivity index is 1.67. The Morgan fingerprint density at radius 1 is 1.29 bits per heavy atom.